The predicted molar refractivity (Wildman–Crippen MR) is 183 cm³/mol. The minimum atomic E-state index is -3.74. The third kappa shape index (κ3) is 8.51. The Morgan fingerprint density at radius 1 is 1.09 bits per heavy atom. The Labute approximate surface area is 282 Å². The number of rotatable bonds is 12. The number of nitrogens with one attached hydrogen (secondary N) is 2. The van der Waals surface area contributed by atoms with E-state index in [1.165, 1.54) is 31.2 Å². The van der Waals surface area contributed by atoms with Gasteiger partial charge in [0.1, 0.15) is 11.9 Å². The molecule has 0 saturated carbocycles. The molecular formula is C35H44ClFN4O5S. The summed E-state index contributed by atoms with van der Waals surface area (Å²) in [4.78, 5) is 28.3. The second-order valence-corrected chi connectivity index (χ2v) is 14.6. The number of anilines is 1. The van der Waals surface area contributed by atoms with Crippen LogP contribution in [0.2, 0.25) is 5.02 Å². The maximum Gasteiger partial charge on any atom is 0.409 e. The van der Waals surface area contributed by atoms with Crippen molar-refractivity contribution in [3.05, 3.63) is 94.8 Å². The summed E-state index contributed by atoms with van der Waals surface area (Å²) in [5.74, 6) is -1.55. The molecule has 2 N–H and O–H groups in total. The van der Waals surface area contributed by atoms with Gasteiger partial charge in [-0.25, -0.2) is 17.6 Å². The molecule has 254 valence electrons. The zero-order valence-corrected chi connectivity index (χ0v) is 29.0. The van der Waals surface area contributed by atoms with E-state index in [-0.39, 0.29) is 35.0 Å². The molecule has 1 fully saturated rings. The number of nitrogens with zero attached hydrogens (tertiary/aromatic N) is 2. The number of carbonyl (C=O) groups is 2. The summed E-state index contributed by atoms with van der Waals surface area (Å²) in [7, 11) is -1.00. The maximum atomic E-state index is 15.4. The zero-order valence-electron chi connectivity index (χ0n) is 27.5. The third-order valence-corrected chi connectivity index (χ3v) is 11.0. The van der Waals surface area contributed by atoms with Crippen LogP contribution >= 0.6 is 11.6 Å². The van der Waals surface area contributed by atoms with Gasteiger partial charge in [0.25, 0.3) is 0 Å². The van der Waals surface area contributed by atoms with Crippen molar-refractivity contribution in [3.8, 4) is 0 Å². The summed E-state index contributed by atoms with van der Waals surface area (Å²) in [5.41, 5.74) is 1.36. The Balaban J connectivity index is 1.57. The van der Waals surface area contributed by atoms with E-state index in [9.17, 15) is 18.0 Å². The highest BCUT2D eigenvalue weighted by molar-refractivity contribution is 7.89. The average molecular weight is 687 g/mol. The Bertz CT molecular complexity index is 1640. The molecule has 3 aromatic rings. The van der Waals surface area contributed by atoms with Crippen molar-refractivity contribution in [1.29, 1.82) is 0 Å². The summed E-state index contributed by atoms with van der Waals surface area (Å²) in [6, 6.07) is 18.4. The van der Waals surface area contributed by atoms with Gasteiger partial charge in [-0.05, 0) is 74.1 Å². The second kappa shape index (κ2) is 16.1. The van der Waals surface area contributed by atoms with Crippen molar-refractivity contribution in [1.82, 2.24) is 14.5 Å². The first-order chi connectivity index (χ1) is 22.4. The number of hydrogen-bond donors (Lipinski definition) is 2. The molecule has 0 radical (unpaired) electrons. The van der Waals surface area contributed by atoms with Crippen LogP contribution in [0.5, 0.6) is 0 Å². The number of hydrogen-bond acceptors (Lipinski definition) is 6. The summed E-state index contributed by atoms with van der Waals surface area (Å²) in [6.07, 6.45) is 0.504. The summed E-state index contributed by atoms with van der Waals surface area (Å²) < 4.78 is 49.2. The molecule has 1 heterocycles. The van der Waals surface area contributed by atoms with E-state index in [4.69, 9.17) is 16.3 Å². The number of piperazine rings is 1. The molecule has 1 aliphatic heterocycles. The minimum Gasteiger partial charge on any atom is -0.453 e. The van der Waals surface area contributed by atoms with Crippen LogP contribution in [0.1, 0.15) is 50.7 Å². The Hall–Kier alpha value is -3.51. The van der Waals surface area contributed by atoms with Crippen LogP contribution in [0.4, 0.5) is 14.9 Å². The topological polar surface area (TPSA) is 108 Å². The Morgan fingerprint density at radius 3 is 2.45 bits per heavy atom. The highest BCUT2D eigenvalue weighted by Gasteiger charge is 2.39. The molecule has 0 bridgehead atoms. The number of methoxy groups -OCH3 is 1. The van der Waals surface area contributed by atoms with Crippen LogP contribution in [-0.2, 0) is 26.0 Å². The summed E-state index contributed by atoms with van der Waals surface area (Å²) in [6.45, 7) is 6.78. The molecule has 0 aromatic heterocycles. The first kappa shape index (κ1) is 36.3. The van der Waals surface area contributed by atoms with E-state index < -0.39 is 39.8 Å². The average Bonchev–Trinajstić information content (AvgIpc) is 3.04. The van der Waals surface area contributed by atoms with E-state index in [1.54, 1.807) is 58.9 Å². The summed E-state index contributed by atoms with van der Waals surface area (Å²) >= 11 is 6.31. The van der Waals surface area contributed by atoms with Crippen molar-refractivity contribution >= 4 is 39.3 Å². The SMILES string of the molecule is COC(=O)N(C)C(C(=O)Nc1cccc(F)c1CCCC1CNCC(C)N1S(=O)(=O)c1ccccc1)C(c1cccc(Cl)c1)C(C)C. The van der Waals surface area contributed by atoms with E-state index in [2.05, 4.69) is 10.6 Å². The lowest BCUT2D eigenvalue weighted by molar-refractivity contribution is -0.121. The van der Waals surface area contributed by atoms with Gasteiger partial charge >= 0.3 is 6.09 Å². The molecule has 4 rings (SSSR count). The lowest BCUT2D eigenvalue weighted by atomic mass is 9.81. The molecule has 0 spiro atoms. The Kier molecular flexibility index (Phi) is 12.4. The van der Waals surface area contributed by atoms with Gasteiger partial charge in [-0.15, -0.1) is 0 Å². The number of likely N-dealkylation sites (N-methyl/N-ethyl adjacent to an activating group) is 1. The molecule has 9 nitrogen and oxygen atoms in total. The van der Waals surface area contributed by atoms with Crippen molar-refractivity contribution in [2.24, 2.45) is 5.92 Å². The normalized spacial score (nSPS) is 18.4. The van der Waals surface area contributed by atoms with Crippen molar-refractivity contribution < 1.29 is 27.1 Å². The fourth-order valence-corrected chi connectivity index (χ4v) is 8.57. The first-order valence-corrected chi connectivity index (χ1v) is 17.6. The monoisotopic (exact) mass is 686 g/mol. The maximum absolute atomic E-state index is 15.4. The highest BCUT2D eigenvalue weighted by Crippen LogP contribution is 2.34. The van der Waals surface area contributed by atoms with Gasteiger partial charge in [0.2, 0.25) is 15.9 Å². The van der Waals surface area contributed by atoms with E-state index in [1.807, 2.05) is 26.8 Å². The van der Waals surface area contributed by atoms with Crippen molar-refractivity contribution in [2.45, 2.75) is 69.0 Å². The number of benzene rings is 3. The number of ether oxygens (including phenoxy) is 1. The fourth-order valence-electron chi connectivity index (χ4n) is 6.51. The van der Waals surface area contributed by atoms with Crippen LogP contribution in [0.3, 0.4) is 0 Å². The van der Waals surface area contributed by atoms with Crippen LogP contribution < -0.4 is 10.6 Å². The molecule has 12 heteroatoms. The molecule has 1 saturated heterocycles. The van der Waals surface area contributed by atoms with Gasteiger partial charge in [-0.1, -0.05) is 61.8 Å². The first-order valence-electron chi connectivity index (χ1n) is 15.8. The minimum absolute atomic E-state index is 0.0927. The quantitative estimate of drug-likeness (QED) is 0.232. The van der Waals surface area contributed by atoms with Gasteiger partial charge in [0, 0.05) is 54.4 Å². The number of halogens is 2. The molecule has 1 aliphatic rings. The fraction of sp³-hybridized carbons (Fsp3) is 0.429. The van der Waals surface area contributed by atoms with Crippen LogP contribution in [0, 0.1) is 11.7 Å². The van der Waals surface area contributed by atoms with Crippen LogP contribution in [0.25, 0.3) is 0 Å². The lowest BCUT2D eigenvalue weighted by Crippen LogP contribution is -2.58. The standard InChI is InChI=1S/C35H44ClFN4O5S/c1-23(2)32(25-12-9-13-26(36)20-25)33(40(4)35(43)46-5)34(42)39-31-19-11-18-30(37)29(31)17-10-14-27-22-38-21-24(3)41(27)47(44,45)28-15-7-6-8-16-28/h6-9,11-13,15-16,18-20,23-24,27,32-33,38H,10,14,17,21-22H2,1-5H3,(H,39,42). The van der Waals surface area contributed by atoms with Gasteiger partial charge in [-0.2, -0.15) is 4.31 Å². The molecule has 0 aliphatic carbocycles. The van der Waals surface area contributed by atoms with Gasteiger partial charge in [0.05, 0.1) is 12.0 Å². The molecule has 47 heavy (non-hydrogen) atoms. The number of amides is 2. The third-order valence-electron chi connectivity index (χ3n) is 8.71. The zero-order chi connectivity index (χ0) is 34.3. The lowest BCUT2D eigenvalue weighted by Gasteiger charge is -2.40. The van der Waals surface area contributed by atoms with Gasteiger partial charge < -0.3 is 15.4 Å². The van der Waals surface area contributed by atoms with E-state index >= 15 is 4.39 Å². The second-order valence-electron chi connectivity index (χ2n) is 12.3. The van der Waals surface area contributed by atoms with Crippen LogP contribution in [-0.4, -0.2) is 75.0 Å². The van der Waals surface area contributed by atoms with Crippen molar-refractivity contribution in [3.63, 3.8) is 0 Å². The molecule has 2 amide bonds. The highest BCUT2D eigenvalue weighted by atomic mass is 35.5. The van der Waals surface area contributed by atoms with E-state index in [0.717, 1.165) is 5.56 Å². The number of carbonyl (C=O) groups excluding carboxylic acids is 2. The van der Waals surface area contributed by atoms with E-state index in [0.29, 0.717) is 36.5 Å². The molecule has 3 aromatic carbocycles. The van der Waals surface area contributed by atoms with Crippen LogP contribution in [0.15, 0.2) is 77.7 Å². The van der Waals surface area contributed by atoms with Crippen molar-refractivity contribution in [2.75, 3.05) is 32.6 Å². The molecule has 4 unspecified atom stereocenters. The molecule has 4 atom stereocenters. The predicted octanol–water partition coefficient (Wildman–Crippen LogP) is 6.30. The number of sulfonamides is 1. The smallest absolute Gasteiger partial charge is 0.409 e. The van der Waals surface area contributed by atoms with Gasteiger partial charge in [-0.3, -0.25) is 9.69 Å². The van der Waals surface area contributed by atoms with Gasteiger partial charge in [0.15, 0.2) is 0 Å². The summed E-state index contributed by atoms with van der Waals surface area (Å²) in [5, 5.41) is 6.72. The molecular weight excluding hydrogens is 643 g/mol. The largest absolute Gasteiger partial charge is 0.453 e. The Morgan fingerprint density at radius 2 is 1.79 bits per heavy atom.